The van der Waals surface area contributed by atoms with Crippen molar-refractivity contribution in [1.29, 1.82) is 0 Å². The van der Waals surface area contributed by atoms with Gasteiger partial charge in [-0.05, 0) is 11.6 Å². The Hall–Kier alpha value is -2.30. The van der Waals surface area contributed by atoms with Crippen LogP contribution in [0.15, 0.2) is 30.5 Å². The predicted octanol–water partition coefficient (Wildman–Crippen LogP) is 0.725. The highest BCUT2D eigenvalue weighted by atomic mass is 16.2. The van der Waals surface area contributed by atoms with Crippen molar-refractivity contribution in [3.05, 3.63) is 36.0 Å². The minimum atomic E-state index is -0.0787. The van der Waals surface area contributed by atoms with Crippen LogP contribution in [0.25, 0.3) is 10.9 Å². The van der Waals surface area contributed by atoms with Crippen molar-refractivity contribution in [2.45, 2.75) is 18.9 Å². The lowest BCUT2D eigenvalue weighted by Gasteiger charge is -2.09. The second-order valence-corrected chi connectivity index (χ2v) is 5.23. The minimum Gasteiger partial charge on any atom is -0.354 e. The van der Waals surface area contributed by atoms with Gasteiger partial charge in [0.1, 0.15) is 0 Å². The smallest absolute Gasteiger partial charge is 0.224 e. The molecule has 20 heavy (non-hydrogen) atoms. The molecule has 0 radical (unpaired) electrons. The van der Waals surface area contributed by atoms with Crippen molar-refractivity contribution in [2.24, 2.45) is 7.05 Å². The van der Waals surface area contributed by atoms with Gasteiger partial charge in [-0.15, -0.1) is 0 Å². The fraction of sp³-hybridized carbons (Fsp3) is 0.333. The molecule has 1 aliphatic heterocycles. The molecule has 5 heteroatoms. The molecule has 3 rings (SSSR count). The molecule has 1 saturated heterocycles. The summed E-state index contributed by atoms with van der Waals surface area (Å²) in [6.45, 7) is 0.528. The Bertz CT molecular complexity index is 675. The zero-order chi connectivity index (χ0) is 14.1. The Morgan fingerprint density at radius 2 is 2.25 bits per heavy atom. The summed E-state index contributed by atoms with van der Waals surface area (Å²) in [5.74, 6) is -0.0386. The van der Waals surface area contributed by atoms with Gasteiger partial charge in [0.25, 0.3) is 0 Å². The van der Waals surface area contributed by atoms with Crippen LogP contribution in [0.4, 0.5) is 0 Å². The van der Waals surface area contributed by atoms with Gasteiger partial charge in [0.15, 0.2) is 0 Å². The molecule has 104 valence electrons. The molecule has 5 nitrogen and oxygen atoms in total. The van der Waals surface area contributed by atoms with E-state index in [1.807, 2.05) is 42.1 Å². The van der Waals surface area contributed by atoms with Gasteiger partial charge in [0.05, 0.1) is 12.5 Å². The second-order valence-electron chi connectivity index (χ2n) is 5.23. The molecule has 2 N–H and O–H groups in total. The third-order valence-electron chi connectivity index (χ3n) is 3.67. The van der Waals surface area contributed by atoms with Crippen molar-refractivity contribution in [1.82, 2.24) is 15.2 Å². The van der Waals surface area contributed by atoms with Crippen LogP contribution in [-0.4, -0.2) is 29.0 Å². The molecule has 2 aromatic rings. The summed E-state index contributed by atoms with van der Waals surface area (Å²) in [6.07, 6.45) is 2.70. The summed E-state index contributed by atoms with van der Waals surface area (Å²) >= 11 is 0. The number of hydrogen-bond acceptors (Lipinski definition) is 2. The first kappa shape index (κ1) is 12.7. The maximum atomic E-state index is 12.1. The van der Waals surface area contributed by atoms with Crippen molar-refractivity contribution in [3.63, 3.8) is 0 Å². The number of nitrogens with zero attached hydrogens (tertiary/aromatic N) is 1. The number of benzene rings is 1. The van der Waals surface area contributed by atoms with Gasteiger partial charge < -0.3 is 15.2 Å². The Labute approximate surface area is 117 Å². The maximum Gasteiger partial charge on any atom is 0.224 e. The van der Waals surface area contributed by atoms with Gasteiger partial charge in [0.2, 0.25) is 11.8 Å². The van der Waals surface area contributed by atoms with Gasteiger partial charge >= 0.3 is 0 Å². The number of amides is 2. The lowest BCUT2D eigenvalue weighted by atomic mass is 10.1. The first-order valence-corrected chi connectivity index (χ1v) is 6.72. The van der Waals surface area contributed by atoms with E-state index >= 15 is 0 Å². The quantitative estimate of drug-likeness (QED) is 0.864. The largest absolute Gasteiger partial charge is 0.354 e. The van der Waals surface area contributed by atoms with Crippen molar-refractivity contribution in [2.75, 3.05) is 6.54 Å². The van der Waals surface area contributed by atoms with E-state index in [0.717, 1.165) is 16.5 Å². The summed E-state index contributed by atoms with van der Waals surface area (Å²) in [6, 6.07) is 7.95. The van der Waals surface area contributed by atoms with E-state index in [9.17, 15) is 9.59 Å². The molecule has 1 aromatic carbocycles. The molecule has 2 heterocycles. The minimum absolute atomic E-state index is 0.000427. The maximum absolute atomic E-state index is 12.1. The van der Waals surface area contributed by atoms with Crippen molar-refractivity contribution < 1.29 is 9.59 Å². The fourth-order valence-electron chi connectivity index (χ4n) is 2.73. The van der Waals surface area contributed by atoms with E-state index in [2.05, 4.69) is 10.6 Å². The molecule has 1 aliphatic rings. The van der Waals surface area contributed by atoms with Crippen LogP contribution in [0.3, 0.4) is 0 Å². The summed E-state index contributed by atoms with van der Waals surface area (Å²) in [7, 11) is 1.98. The molecule has 1 atom stereocenters. The zero-order valence-electron chi connectivity index (χ0n) is 11.3. The molecule has 0 bridgehead atoms. The summed E-state index contributed by atoms with van der Waals surface area (Å²) in [4.78, 5) is 23.2. The molecule has 1 fully saturated rings. The lowest BCUT2D eigenvalue weighted by molar-refractivity contribution is -0.121. The second kappa shape index (κ2) is 5.00. The number of rotatable bonds is 3. The highest BCUT2D eigenvalue weighted by Crippen LogP contribution is 2.20. The molecule has 1 aromatic heterocycles. The first-order valence-electron chi connectivity index (χ1n) is 6.72. The monoisotopic (exact) mass is 271 g/mol. The average molecular weight is 271 g/mol. The van der Waals surface area contributed by atoms with Gasteiger partial charge in [-0.25, -0.2) is 0 Å². The standard InChI is InChI=1S/C15H17N3O2/c1-18-9-10(12-4-2-3-5-13(12)18)6-15(20)17-11-7-14(19)16-8-11/h2-5,9,11H,6-8H2,1H3,(H,16,19)(H,17,20). The first-order chi connectivity index (χ1) is 9.63. The topological polar surface area (TPSA) is 63.1 Å². The third-order valence-corrected chi connectivity index (χ3v) is 3.67. The number of fused-ring (bicyclic) bond motifs is 1. The van der Waals surface area contributed by atoms with Gasteiger partial charge in [0, 0.05) is 37.1 Å². The van der Waals surface area contributed by atoms with E-state index in [1.165, 1.54) is 0 Å². The normalized spacial score (nSPS) is 18.2. The van der Waals surface area contributed by atoms with Gasteiger partial charge in [-0.2, -0.15) is 0 Å². The van der Waals surface area contributed by atoms with Crippen LogP contribution in [0.2, 0.25) is 0 Å². The summed E-state index contributed by atoms with van der Waals surface area (Å²) in [5, 5.41) is 6.72. The number of hydrogen-bond donors (Lipinski definition) is 2. The molecular weight excluding hydrogens is 254 g/mol. The number of carbonyl (C=O) groups excluding carboxylic acids is 2. The Kier molecular flexibility index (Phi) is 3.18. The average Bonchev–Trinajstić information content (AvgIpc) is 2.95. The molecular formula is C15H17N3O2. The Morgan fingerprint density at radius 1 is 1.45 bits per heavy atom. The van der Waals surface area contributed by atoms with E-state index in [-0.39, 0.29) is 17.9 Å². The third kappa shape index (κ3) is 2.39. The van der Waals surface area contributed by atoms with E-state index in [1.54, 1.807) is 0 Å². The summed E-state index contributed by atoms with van der Waals surface area (Å²) < 4.78 is 2.03. The van der Waals surface area contributed by atoms with Crippen molar-refractivity contribution in [3.8, 4) is 0 Å². The van der Waals surface area contributed by atoms with Crippen LogP contribution in [0.1, 0.15) is 12.0 Å². The van der Waals surface area contributed by atoms with Gasteiger partial charge in [-0.1, -0.05) is 18.2 Å². The highest BCUT2D eigenvalue weighted by molar-refractivity contribution is 5.90. The van der Waals surface area contributed by atoms with E-state index < -0.39 is 0 Å². The number of para-hydroxylation sites is 1. The summed E-state index contributed by atoms with van der Waals surface area (Å²) in [5.41, 5.74) is 2.13. The highest BCUT2D eigenvalue weighted by Gasteiger charge is 2.23. The van der Waals surface area contributed by atoms with Crippen LogP contribution < -0.4 is 10.6 Å². The number of nitrogens with one attached hydrogen (secondary N) is 2. The number of carbonyl (C=O) groups is 2. The zero-order valence-corrected chi connectivity index (χ0v) is 11.3. The van der Waals surface area contributed by atoms with E-state index in [0.29, 0.717) is 19.4 Å². The van der Waals surface area contributed by atoms with Crippen LogP contribution in [-0.2, 0) is 23.1 Å². The molecule has 2 amide bonds. The molecule has 0 spiro atoms. The Balaban J connectivity index is 1.73. The predicted molar refractivity (Wildman–Crippen MR) is 76.2 cm³/mol. The van der Waals surface area contributed by atoms with Crippen LogP contribution >= 0.6 is 0 Å². The molecule has 0 aliphatic carbocycles. The molecule has 1 unspecified atom stereocenters. The number of aromatic nitrogens is 1. The Morgan fingerprint density at radius 3 is 3.00 bits per heavy atom. The van der Waals surface area contributed by atoms with Gasteiger partial charge in [-0.3, -0.25) is 9.59 Å². The van der Waals surface area contributed by atoms with Crippen molar-refractivity contribution >= 4 is 22.7 Å². The SMILES string of the molecule is Cn1cc(CC(=O)NC2CNC(=O)C2)c2ccccc21. The van der Waals surface area contributed by atoms with Crippen LogP contribution in [0.5, 0.6) is 0 Å². The van der Waals surface area contributed by atoms with E-state index in [4.69, 9.17) is 0 Å². The molecule has 0 saturated carbocycles. The number of aryl methyl sites for hydroxylation is 1. The lowest BCUT2D eigenvalue weighted by Crippen LogP contribution is -2.37. The van der Waals surface area contributed by atoms with Crippen LogP contribution in [0, 0.1) is 0 Å². The fourth-order valence-corrected chi connectivity index (χ4v) is 2.73.